The minimum absolute atomic E-state index is 0.303. The zero-order valence-electron chi connectivity index (χ0n) is 5.24. The fourth-order valence-corrected chi connectivity index (χ4v) is 0.587. The van der Waals surface area contributed by atoms with Crippen LogP contribution in [-0.2, 0) is 0 Å². The smallest absolute Gasteiger partial charge is 0.251 e. The molecule has 1 N–H and O–H groups in total. The molecule has 0 aromatic carbocycles. The van der Waals surface area contributed by atoms with Crippen LogP contribution < -0.4 is 5.32 Å². The Labute approximate surface area is 59.1 Å². The molecule has 0 saturated carbocycles. The summed E-state index contributed by atoms with van der Waals surface area (Å²) in [6.45, 7) is 0. The van der Waals surface area contributed by atoms with Gasteiger partial charge in [0.15, 0.2) is 0 Å². The zero-order valence-corrected chi connectivity index (χ0v) is 5.24. The van der Waals surface area contributed by atoms with Gasteiger partial charge in [-0.2, -0.15) is 0 Å². The van der Waals surface area contributed by atoms with Crippen LogP contribution in [0.4, 0.5) is 0 Å². The molecular formula is C7H6N2O. The number of rotatable bonds is 1. The van der Waals surface area contributed by atoms with Gasteiger partial charge in [-0.3, -0.25) is 9.78 Å². The molecule has 0 aliphatic heterocycles. The summed E-state index contributed by atoms with van der Waals surface area (Å²) in [5.41, 5.74) is 0.512. The number of carbonyl (C=O) groups excluding carboxylic acids is 1. The van der Waals surface area contributed by atoms with Crippen LogP contribution in [0, 0.1) is 7.05 Å². The summed E-state index contributed by atoms with van der Waals surface area (Å²) in [5.74, 6) is -0.303. The molecule has 0 bridgehead atoms. The Balaban J connectivity index is 2.85. The fourth-order valence-electron chi connectivity index (χ4n) is 0.587. The lowest BCUT2D eigenvalue weighted by atomic mass is 10.2. The van der Waals surface area contributed by atoms with Crippen molar-refractivity contribution in [1.29, 1.82) is 0 Å². The number of carbonyl (C=O) groups is 1. The van der Waals surface area contributed by atoms with Crippen LogP contribution in [0.25, 0.3) is 0 Å². The SMILES string of the molecule is [CH]NC(=O)c1ccncc1. The van der Waals surface area contributed by atoms with E-state index in [1.54, 1.807) is 12.1 Å². The van der Waals surface area contributed by atoms with E-state index in [2.05, 4.69) is 4.98 Å². The average molecular weight is 134 g/mol. The summed E-state index contributed by atoms with van der Waals surface area (Å²) in [4.78, 5) is 14.5. The number of nitrogens with zero attached hydrogens (tertiary/aromatic N) is 1. The van der Waals surface area contributed by atoms with Gasteiger partial charge in [0, 0.05) is 18.0 Å². The van der Waals surface area contributed by atoms with Crippen molar-refractivity contribution < 1.29 is 4.79 Å². The first-order chi connectivity index (χ1) is 4.84. The van der Waals surface area contributed by atoms with E-state index in [0.29, 0.717) is 5.56 Å². The molecule has 10 heavy (non-hydrogen) atoms. The van der Waals surface area contributed by atoms with Crippen molar-refractivity contribution >= 4 is 5.91 Å². The first-order valence-electron chi connectivity index (χ1n) is 2.75. The Morgan fingerprint density at radius 3 is 2.60 bits per heavy atom. The van der Waals surface area contributed by atoms with Gasteiger partial charge in [0.2, 0.25) is 0 Å². The Hall–Kier alpha value is -1.38. The minimum Gasteiger partial charge on any atom is -0.345 e. The van der Waals surface area contributed by atoms with Crippen molar-refractivity contribution in [2.45, 2.75) is 0 Å². The van der Waals surface area contributed by atoms with Crippen molar-refractivity contribution in [1.82, 2.24) is 10.3 Å². The number of hydrogen-bond acceptors (Lipinski definition) is 2. The summed E-state index contributed by atoms with van der Waals surface area (Å²) in [6, 6.07) is 3.17. The molecule has 0 aliphatic carbocycles. The maximum Gasteiger partial charge on any atom is 0.251 e. The molecular weight excluding hydrogens is 128 g/mol. The van der Waals surface area contributed by atoms with E-state index in [1.807, 2.05) is 5.32 Å². The molecule has 3 heteroatoms. The molecule has 1 aromatic heterocycles. The quantitative estimate of drug-likeness (QED) is 0.567. The molecule has 3 nitrogen and oxygen atoms in total. The highest BCUT2D eigenvalue weighted by Crippen LogP contribution is 1.93. The van der Waals surface area contributed by atoms with Crippen molar-refractivity contribution in [3.05, 3.63) is 37.1 Å². The predicted octanol–water partition coefficient (Wildman–Crippen LogP) is 0.480. The van der Waals surface area contributed by atoms with Gasteiger partial charge in [-0.05, 0) is 12.1 Å². The van der Waals surface area contributed by atoms with Gasteiger partial charge in [-0.25, -0.2) is 0 Å². The van der Waals surface area contributed by atoms with Crippen LogP contribution in [0.3, 0.4) is 0 Å². The summed E-state index contributed by atoms with van der Waals surface area (Å²) >= 11 is 0. The third-order valence-electron chi connectivity index (χ3n) is 1.07. The monoisotopic (exact) mass is 134 g/mol. The summed E-state index contributed by atoms with van der Waals surface area (Å²) < 4.78 is 0. The number of hydrogen-bond donors (Lipinski definition) is 1. The normalized spacial score (nSPS) is 8.90. The van der Waals surface area contributed by atoms with Crippen LogP contribution >= 0.6 is 0 Å². The van der Waals surface area contributed by atoms with Crippen LogP contribution in [-0.4, -0.2) is 10.9 Å². The molecule has 1 rings (SSSR count). The lowest BCUT2D eigenvalue weighted by Gasteiger charge is -1.95. The third kappa shape index (κ3) is 1.31. The van der Waals surface area contributed by atoms with E-state index in [9.17, 15) is 4.79 Å². The van der Waals surface area contributed by atoms with Gasteiger partial charge < -0.3 is 5.32 Å². The van der Waals surface area contributed by atoms with E-state index < -0.39 is 0 Å². The Morgan fingerprint density at radius 1 is 1.50 bits per heavy atom. The second-order valence-electron chi connectivity index (χ2n) is 1.71. The Bertz CT molecular complexity index is 220. The first kappa shape index (κ1) is 6.74. The largest absolute Gasteiger partial charge is 0.345 e. The number of nitrogens with one attached hydrogen (secondary N) is 1. The Morgan fingerprint density at radius 2 is 2.10 bits per heavy atom. The summed E-state index contributed by atoms with van der Waals surface area (Å²) in [5, 5.41) is 2.01. The van der Waals surface area contributed by atoms with E-state index in [0.717, 1.165) is 0 Å². The lowest BCUT2D eigenvalue weighted by Crippen LogP contribution is -2.15. The Kier molecular flexibility index (Phi) is 1.99. The second kappa shape index (κ2) is 2.96. The molecule has 0 unspecified atom stereocenters. The minimum atomic E-state index is -0.303. The molecule has 50 valence electrons. The summed E-state index contributed by atoms with van der Waals surface area (Å²) in [7, 11) is 4.88. The van der Waals surface area contributed by atoms with Crippen molar-refractivity contribution in [3.63, 3.8) is 0 Å². The van der Waals surface area contributed by atoms with Crippen molar-refractivity contribution in [2.75, 3.05) is 0 Å². The van der Waals surface area contributed by atoms with Gasteiger partial charge in [-0.15, -0.1) is 0 Å². The molecule has 1 amide bonds. The second-order valence-corrected chi connectivity index (χ2v) is 1.71. The molecule has 2 radical (unpaired) electrons. The topological polar surface area (TPSA) is 42.0 Å². The molecule has 0 fully saturated rings. The maximum absolute atomic E-state index is 10.7. The molecule has 0 saturated heterocycles. The third-order valence-corrected chi connectivity index (χ3v) is 1.07. The molecule has 1 aromatic rings. The van der Waals surface area contributed by atoms with Crippen LogP contribution in [0.2, 0.25) is 0 Å². The van der Waals surface area contributed by atoms with E-state index >= 15 is 0 Å². The fraction of sp³-hybridized carbons (Fsp3) is 0. The highest BCUT2D eigenvalue weighted by molar-refractivity contribution is 5.94. The van der Waals surface area contributed by atoms with E-state index in [-0.39, 0.29) is 5.91 Å². The summed E-state index contributed by atoms with van der Waals surface area (Å²) in [6.07, 6.45) is 3.06. The maximum atomic E-state index is 10.7. The molecule has 0 spiro atoms. The van der Waals surface area contributed by atoms with Crippen LogP contribution in [0.5, 0.6) is 0 Å². The molecule has 0 atom stereocenters. The zero-order chi connectivity index (χ0) is 7.40. The first-order valence-corrected chi connectivity index (χ1v) is 2.75. The van der Waals surface area contributed by atoms with Crippen molar-refractivity contribution in [2.24, 2.45) is 0 Å². The number of amides is 1. The van der Waals surface area contributed by atoms with Gasteiger partial charge in [0.05, 0.1) is 7.05 Å². The lowest BCUT2D eigenvalue weighted by molar-refractivity contribution is 0.0969. The van der Waals surface area contributed by atoms with Gasteiger partial charge in [0.25, 0.3) is 5.91 Å². The highest BCUT2D eigenvalue weighted by Gasteiger charge is 1.98. The van der Waals surface area contributed by atoms with Gasteiger partial charge in [-0.1, -0.05) is 0 Å². The van der Waals surface area contributed by atoms with E-state index in [1.165, 1.54) is 12.4 Å². The van der Waals surface area contributed by atoms with Gasteiger partial charge >= 0.3 is 0 Å². The van der Waals surface area contributed by atoms with Gasteiger partial charge in [0.1, 0.15) is 0 Å². The number of aromatic nitrogens is 1. The number of pyridine rings is 1. The standard InChI is InChI=1S/C7H6N2O/c1-8-7(10)6-2-4-9-5-3-6/h1-5H,(H,8,10). The van der Waals surface area contributed by atoms with Crippen LogP contribution in [0.1, 0.15) is 10.4 Å². The van der Waals surface area contributed by atoms with Crippen molar-refractivity contribution in [3.8, 4) is 0 Å². The molecule has 1 heterocycles. The molecule has 0 aliphatic rings. The average Bonchev–Trinajstić information content (AvgIpc) is 2.05. The predicted molar refractivity (Wildman–Crippen MR) is 36.0 cm³/mol. The highest BCUT2D eigenvalue weighted by atomic mass is 16.1. The van der Waals surface area contributed by atoms with E-state index in [4.69, 9.17) is 7.05 Å². The van der Waals surface area contributed by atoms with Crippen LogP contribution in [0.15, 0.2) is 24.5 Å².